The van der Waals surface area contributed by atoms with E-state index in [1.54, 1.807) is 0 Å². The van der Waals surface area contributed by atoms with E-state index in [0.717, 1.165) is 18.2 Å². The van der Waals surface area contributed by atoms with Gasteiger partial charge < -0.3 is 14.8 Å². The molecule has 0 heterocycles. The van der Waals surface area contributed by atoms with E-state index in [4.69, 9.17) is 9.47 Å². The lowest BCUT2D eigenvalue weighted by atomic mass is 10.2. The number of benzene rings is 1. The first-order chi connectivity index (χ1) is 12.2. The van der Waals surface area contributed by atoms with E-state index in [1.807, 2.05) is 13.8 Å². The zero-order valence-corrected chi connectivity index (χ0v) is 15.7. The highest BCUT2D eigenvalue weighted by Crippen LogP contribution is 2.16. The van der Waals surface area contributed by atoms with Crippen molar-refractivity contribution in [1.29, 1.82) is 0 Å². The van der Waals surface area contributed by atoms with Crippen molar-refractivity contribution in [3.8, 4) is 0 Å². The molecule has 10 heteroatoms. The topological polar surface area (TPSA) is 111 Å². The Morgan fingerprint density at radius 2 is 1.96 bits per heavy atom. The minimum absolute atomic E-state index is 0.101. The minimum atomic E-state index is -3.84. The lowest BCUT2D eigenvalue weighted by molar-refractivity contribution is -0.124. The molecular formula is C16H23FN2O6S. The van der Waals surface area contributed by atoms with Gasteiger partial charge in [-0.1, -0.05) is 0 Å². The summed E-state index contributed by atoms with van der Waals surface area (Å²) >= 11 is 0. The van der Waals surface area contributed by atoms with E-state index in [1.165, 1.54) is 7.05 Å². The highest BCUT2D eigenvalue weighted by Gasteiger charge is 2.20. The molecule has 0 aromatic heterocycles. The number of hydrogen-bond donors (Lipinski definition) is 2. The Morgan fingerprint density at radius 3 is 2.58 bits per heavy atom. The fourth-order valence-corrected chi connectivity index (χ4v) is 2.58. The fourth-order valence-electron chi connectivity index (χ4n) is 1.82. The third-order valence-corrected chi connectivity index (χ3v) is 4.58. The van der Waals surface area contributed by atoms with Gasteiger partial charge in [0.05, 0.1) is 16.6 Å². The molecule has 0 saturated carbocycles. The summed E-state index contributed by atoms with van der Waals surface area (Å²) in [5.41, 5.74) is -0.570. The maximum atomic E-state index is 13.8. The number of ether oxygens (including phenoxy) is 2. The number of amides is 1. The average Bonchev–Trinajstić information content (AvgIpc) is 2.59. The van der Waals surface area contributed by atoms with Gasteiger partial charge >= 0.3 is 5.97 Å². The molecule has 8 nitrogen and oxygen atoms in total. The molecular weight excluding hydrogens is 367 g/mol. The van der Waals surface area contributed by atoms with Crippen molar-refractivity contribution in [2.24, 2.45) is 0 Å². The summed E-state index contributed by atoms with van der Waals surface area (Å²) in [5.74, 6) is -2.63. The van der Waals surface area contributed by atoms with Crippen molar-refractivity contribution in [3.05, 3.63) is 29.6 Å². The summed E-state index contributed by atoms with van der Waals surface area (Å²) in [6, 6.07) is 2.71. The second kappa shape index (κ2) is 10.2. The van der Waals surface area contributed by atoms with Gasteiger partial charge in [-0.2, -0.15) is 0 Å². The largest absolute Gasteiger partial charge is 0.452 e. The predicted octanol–water partition coefficient (Wildman–Crippen LogP) is 0.822. The van der Waals surface area contributed by atoms with Crippen molar-refractivity contribution in [1.82, 2.24) is 10.0 Å². The predicted molar refractivity (Wildman–Crippen MR) is 91.6 cm³/mol. The van der Waals surface area contributed by atoms with Gasteiger partial charge in [-0.25, -0.2) is 22.3 Å². The molecule has 0 unspecified atom stereocenters. The van der Waals surface area contributed by atoms with Crippen LogP contribution in [0.15, 0.2) is 23.1 Å². The number of sulfonamides is 1. The van der Waals surface area contributed by atoms with Crippen LogP contribution in [0.25, 0.3) is 0 Å². The molecule has 0 saturated heterocycles. The van der Waals surface area contributed by atoms with Crippen LogP contribution >= 0.6 is 0 Å². The number of carbonyl (C=O) groups is 2. The summed E-state index contributed by atoms with van der Waals surface area (Å²) in [6.07, 6.45) is 0.695. The Bertz CT molecular complexity index is 736. The molecule has 0 aliphatic carbocycles. The molecule has 1 amide bonds. The summed E-state index contributed by atoms with van der Waals surface area (Å²) in [6.45, 7) is 4.01. The zero-order valence-electron chi connectivity index (χ0n) is 14.9. The maximum Gasteiger partial charge on any atom is 0.341 e. The molecule has 0 spiro atoms. The van der Waals surface area contributed by atoms with Gasteiger partial charge in [-0.15, -0.1) is 0 Å². The first kappa shape index (κ1) is 22.0. The second-order valence-corrected chi connectivity index (χ2v) is 7.43. The highest BCUT2D eigenvalue weighted by molar-refractivity contribution is 7.89. The molecule has 2 N–H and O–H groups in total. The van der Waals surface area contributed by atoms with Crippen LogP contribution < -0.4 is 10.0 Å². The summed E-state index contributed by atoms with van der Waals surface area (Å²) in [5, 5.41) is 2.53. The Morgan fingerprint density at radius 1 is 1.27 bits per heavy atom. The van der Waals surface area contributed by atoms with E-state index in [0.29, 0.717) is 19.6 Å². The third-order valence-electron chi connectivity index (χ3n) is 3.17. The van der Waals surface area contributed by atoms with E-state index in [2.05, 4.69) is 10.0 Å². The van der Waals surface area contributed by atoms with Crippen LogP contribution in [-0.2, 0) is 24.3 Å². The van der Waals surface area contributed by atoms with E-state index < -0.39 is 39.9 Å². The molecule has 0 aliphatic rings. The molecule has 0 atom stereocenters. The van der Waals surface area contributed by atoms with Gasteiger partial charge in [0.1, 0.15) is 5.82 Å². The van der Waals surface area contributed by atoms with Gasteiger partial charge in [-0.3, -0.25) is 4.79 Å². The molecule has 146 valence electrons. The van der Waals surface area contributed by atoms with Crippen molar-refractivity contribution in [2.75, 3.05) is 26.8 Å². The molecule has 1 aromatic rings. The first-order valence-corrected chi connectivity index (χ1v) is 9.44. The molecule has 0 radical (unpaired) electrons. The Labute approximate surface area is 152 Å². The number of halogens is 1. The Balaban J connectivity index is 2.55. The summed E-state index contributed by atoms with van der Waals surface area (Å²) < 4.78 is 49.3. The van der Waals surface area contributed by atoms with Gasteiger partial charge in [0.2, 0.25) is 10.0 Å². The Hall–Kier alpha value is -2.04. The van der Waals surface area contributed by atoms with Crippen molar-refractivity contribution < 1.29 is 31.9 Å². The van der Waals surface area contributed by atoms with E-state index in [9.17, 15) is 22.4 Å². The third kappa shape index (κ3) is 7.06. The monoisotopic (exact) mass is 390 g/mol. The number of hydrogen-bond acceptors (Lipinski definition) is 6. The summed E-state index contributed by atoms with van der Waals surface area (Å²) in [7, 11) is -2.65. The zero-order chi connectivity index (χ0) is 19.7. The van der Waals surface area contributed by atoms with Gasteiger partial charge in [0, 0.05) is 13.2 Å². The summed E-state index contributed by atoms with van der Waals surface area (Å²) in [4.78, 5) is 23.2. The number of rotatable bonds is 10. The van der Waals surface area contributed by atoms with Crippen LogP contribution in [0, 0.1) is 5.82 Å². The number of carbonyl (C=O) groups excluding carboxylic acids is 2. The van der Waals surface area contributed by atoms with Gasteiger partial charge in [-0.05, 0) is 45.5 Å². The lowest BCUT2D eigenvalue weighted by Crippen LogP contribution is -2.30. The van der Waals surface area contributed by atoms with Gasteiger partial charge in [0.25, 0.3) is 5.91 Å². The number of nitrogens with one attached hydrogen (secondary N) is 2. The standard InChI is InChI=1S/C16H23FN2O6S/c1-11(2)24-8-4-7-19-15(20)10-25-16(21)13-9-12(5-6-14(13)17)26(22,23)18-3/h5-6,9,11,18H,4,7-8,10H2,1-3H3,(H,19,20). The van der Waals surface area contributed by atoms with Crippen LogP contribution in [0.4, 0.5) is 4.39 Å². The van der Waals surface area contributed by atoms with Crippen LogP contribution in [0.5, 0.6) is 0 Å². The van der Waals surface area contributed by atoms with E-state index in [-0.39, 0.29) is 11.0 Å². The average molecular weight is 390 g/mol. The van der Waals surface area contributed by atoms with Gasteiger partial charge in [0.15, 0.2) is 6.61 Å². The first-order valence-electron chi connectivity index (χ1n) is 7.96. The second-order valence-electron chi connectivity index (χ2n) is 5.55. The number of esters is 1. The van der Waals surface area contributed by atoms with Crippen molar-refractivity contribution in [2.45, 2.75) is 31.3 Å². The van der Waals surface area contributed by atoms with Crippen LogP contribution in [-0.4, -0.2) is 53.2 Å². The molecule has 0 bridgehead atoms. The van der Waals surface area contributed by atoms with E-state index >= 15 is 0 Å². The van der Waals surface area contributed by atoms with Crippen molar-refractivity contribution >= 4 is 21.9 Å². The highest BCUT2D eigenvalue weighted by atomic mass is 32.2. The maximum absolute atomic E-state index is 13.8. The molecule has 1 rings (SSSR count). The fraction of sp³-hybridized carbons (Fsp3) is 0.500. The quantitative estimate of drug-likeness (QED) is 0.452. The van der Waals surface area contributed by atoms with Crippen LogP contribution in [0.1, 0.15) is 30.6 Å². The van der Waals surface area contributed by atoms with Crippen LogP contribution in [0.2, 0.25) is 0 Å². The lowest BCUT2D eigenvalue weighted by Gasteiger charge is -2.09. The molecule has 0 aliphatic heterocycles. The minimum Gasteiger partial charge on any atom is -0.452 e. The Kier molecular flexibility index (Phi) is 8.62. The SMILES string of the molecule is CNS(=O)(=O)c1ccc(F)c(C(=O)OCC(=O)NCCCOC(C)C)c1. The smallest absolute Gasteiger partial charge is 0.341 e. The molecule has 26 heavy (non-hydrogen) atoms. The van der Waals surface area contributed by atoms with Crippen molar-refractivity contribution in [3.63, 3.8) is 0 Å². The molecule has 0 fully saturated rings. The normalized spacial score (nSPS) is 11.4. The van der Waals surface area contributed by atoms with Crippen LogP contribution in [0.3, 0.4) is 0 Å². The molecule has 1 aromatic carbocycles.